The van der Waals surface area contributed by atoms with Gasteiger partial charge in [-0.3, -0.25) is 0 Å². The van der Waals surface area contributed by atoms with Crippen LogP contribution in [-0.2, 0) is 10.0 Å². The molecule has 132 valence electrons. The molecule has 25 heavy (non-hydrogen) atoms. The molecule has 4 heterocycles. The van der Waals surface area contributed by atoms with Gasteiger partial charge in [0.1, 0.15) is 11.5 Å². The largest absolute Gasteiger partial charge is 0.361 e. The van der Waals surface area contributed by atoms with E-state index in [0.29, 0.717) is 28.7 Å². The van der Waals surface area contributed by atoms with E-state index >= 15 is 0 Å². The van der Waals surface area contributed by atoms with Gasteiger partial charge in [-0.05, 0) is 32.8 Å². The van der Waals surface area contributed by atoms with Crippen LogP contribution in [0.2, 0.25) is 0 Å². The van der Waals surface area contributed by atoms with Crippen molar-refractivity contribution >= 4 is 21.4 Å². The van der Waals surface area contributed by atoms with E-state index in [1.165, 1.54) is 15.6 Å². The van der Waals surface area contributed by atoms with Crippen molar-refractivity contribution in [3.63, 3.8) is 0 Å². The van der Waals surface area contributed by atoms with Gasteiger partial charge in [0.05, 0.1) is 22.0 Å². The molecule has 9 heteroatoms. The first-order chi connectivity index (χ1) is 12.0. The minimum absolute atomic E-state index is 0.282. The van der Waals surface area contributed by atoms with Gasteiger partial charge < -0.3 is 9.05 Å². The number of rotatable bonds is 4. The summed E-state index contributed by atoms with van der Waals surface area (Å²) in [6.07, 6.45) is 3.08. The standard InChI is InChI=1S/C16H17N3O4S2/c1-10-8-12(18-22-10)13-4-3-7-19(13)25(20,21)16-9-15(24-11(16)2)14-5-6-17-23-14/h5-6,8-9,13H,3-4,7H2,1-2H3. The Morgan fingerprint density at radius 2 is 2.12 bits per heavy atom. The second-order valence-corrected chi connectivity index (χ2v) is 9.16. The smallest absolute Gasteiger partial charge is 0.244 e. The van der Waals surface area contributed by atoms with Crippen LogP contribution in [0.4, 0.5) is 0 Å². The molecule has 1 unspecified atom stereocenters. The van der Waals surface area contributed by atoms with Gasteiger partial charge in [-0.15, -0.1) is 11.3 Å². The molecule has 0 radical (unpaired) electrons. The summed E-state index contributed by atoms with van der Waals surface area (Å²) < 4.78 is 38.3. The summed E-state index contributed by atoms with van der Waals surface area (Å²) in [5, 5.41) is 7.71. The maximum Gasteiger partial charge on any atom is 0.244 e. The lowest BCUT2D eigenvalue weighted by molar-refractivity contribution is 0.349. The highest BCUT2D eigenvalue weighted by Crippen LogP contribution is 2.40. The molecule has 0 aromatic carbocycles. The Morgan fingerprint density at radius 3 is 2.80 bits per heavy atom. The fourth-order valence-electron chi connectivity index (χ4n) is 3.18. The highest BCUT2D eigenvalue weighted by Gasteiger charge is 2.39. The molecule has 0 N–H and O–H groups in total. The normalized spacial score (nSPS) is 18.9. The first-order valence-corrected chi connectivity index (χ1v) is 10.2. The topological polar surface area (TPSA) is 89.4 Å². The van der Waals surface area contributed by atoms with Crippen molar-refractivity contribution in [1.82, 2.24) is 14.6 Å². The summed E-state index contributed by atoms with van der Waals surface area (Å²) in [6, 6.07) is 4.91. The molecule has 0 saturated carbocycles. The van der Waals surface area contributed by atoms with Crippen molar-refractivity contribution < 1.29 is 17.5 Å². The Labute approximate surface area is 149 Å². The van der Waals surface area contributed by atoms with Crippen LogP contribution in [0.15, 0.2) is 38.3 Å². The van der Waals surface area contributed by atoms with Crippen LogP contribution in [0.25, 0.3) is 10.6 Å². The SMILES string of the molecule is Cc1cc(C2CCCN2S(=O)(=O)c2cc(-c3ccno3)sc2C)no1. The van der Waals surface area contributed by atoms with Gasteiger partial charge in [-0.2, -0.15) is 4.31 Å². The van der Waals surface area contributed by atoms with Gasteiger partial charge in [0.25, 0.3) is 0 Å². The Kier molecular flexibility index (Phi) is 4.01. The van der Waals surface area contributed by atoms with E-state index < -0.39 is 10.0 Å². The minimum atomic E-state index is -3.63. The van der Waals surface area contributed by atoms with E-state index in [-0.39, 0.29) is 6.04 Å². The highest BCUT2D eigenvalue weighted by molar-refractivity contribution is 7.89. The molecule has 1 fully saturated rings. The van der Waals surface area contributed by atoms with Crippen molar-refractivity contribution in [3.8, 4) is 10.6 Å². The van der Waals surface area contributed by atoms with Crippen molar-refractivity contribution in [2.45, 2.75) is 37.6 Å². The molecular weight excluding hydrogens is 362 g/mol. The Balaban J connectivity index is 1.72. The van der Waals surface area contributed by atoms with E-state index in [1.807, 2.05) is 6.92 Å². The van der Waals surface area contributed by atoms with Crippen molar-refractivity contribution in [1.29, 1.82) is 0 Å². The van der Waals surface area contributed by atoms with Gasteiger partial charge in [0, 0.05) is 23.6 Å². The fourth-order valence-corrected chi connectivity index (χ4v) is 6.37. The zero-order chi connectivity index (χ0) is 17.6. The van der Waals surface area contributed by atoms with Gasteiger partial charge in [0.2, 0.25) is 10.0 Å². The number of aryl methyl sites for hydroxylation is 2. The maximum absolute atomic E-state index is 13.3. The first-order valence-electron chi connectivity index (χ1n) is 7.93. The molecular formula is C16H17N3O4S2. The summed E-state index contributed by atoms with van der Waals surface area (Å²) in [4.78, 5) is 1.80. The molecule has 7 nitrogen and oxygen atoms in total. The highest BCUT2D eigenvalue weighted by atomic mass is 32.2. The van der Waals surface area contributed by atoms with Crippen molar-refractivity contribution in [3.05, 3.63) is 40.7 Å². The van der Waals surface area contributed by atoms with E-state index in [9.17, 15) is 8.42 Å². The summed E-state index contributed by atoms with van der Waals surface area (Å²) >= 11 is 1.39. The number of sulfonamides is 1. The molecule has 1 aliphatic rings. The number of hydrogen-bond donors (Lipinski definition) is 0. The molecule has 0 aliphatic carbocycles. The number of thiophene rings is 1. The molecule has 3 aromatic rings. The van der Waals surface area contributed by atoms with E-state index in [2.05, 4.69) is 10.3 Å². The van der Waals surface area contributed by atoms with Crippen LogP contribution in [0.3, 0.4) is 0 Å². The van der Waals surface area contributed by atoms with Crippen molar-refractivity contribution in [2.75, 3.05) is 6.54 Å². The summed E-state index contributed by atoms with van der Waals surface area (Å²) in [7, 11) is -3.63. The van der Waals surface area contributed by atoms with E-state index in [1.54, 1.807) is 31.3 Å². The lowest BCUT2D eigenvalue weighted by Crippen LogP contribution is -2.31. The summed E-state index contributed by atoms with van der Waals surface area (Å²) in [5.74, 6) is 1.25. The lowest BCUT2D eigenvalue weighted by atomic mass is 10.1. The zero-order valence-electron chi connectivity index (χ0n) is 13.8. The van der Waals surface area contributed by atoms with Crippen molar-refractivity contribution in [2.24, 2.45) is 0 Å². The lowest BCUT2D eigenvalue weighted by Gasteiger charge is -2.22. The monoisotopic (exact) mass is 379 g/mol. The van der Waals surface area contributed by atoms with Gasteiger partial charge in [-0.25, -0.2) is 8.42 Å². The quantitative estimate of drug-likeness (QED) is 0.689. The third kappa shape index (κ3) is 2.82. The second-order valence-electron chi connectivity index (χ2n) is 6.04. The Hall–Kier alpha value is -1.97. The van der Waals surface area contributed by atoms with Crippen LogP contribution in [0, 0.1) is 13.8 Å². The first kappa shape index (κ1) is 16.5. The number of aromatic nitrogens is 2. The third-order valence-corrected chi connectivity index (χ3v) is 7.56. The average Bonchev–Trinajstić information content (AvgIpc) is 3.33. The van der Waals surface area contributed by atoms with E-state index in [0.717, 1.165) is 22.6 Å². The van der Waals surface area contributed by atoms with Crippen LogP contribution >= 0.6 is 11.3 Å². The minimum Gasteiger partial charge on any atom is -0.361 e. The number of nitrogens with zero attached hydrogens (tertiary/aromatic N) is 3. The predicted octanol–water partition coefficient (Wildman–Crippen LogP) is 3.53. The van der Waals surface area contributed by atoms with Gasteiger partial charge >= 0.3 is 0 Å². The molecule has 0 spiro atoms. The number of hydrogen-bond acceptors (Lipinski definition) is 7. The molecule has 0 amide bonds. The molecule has 3 aromatic heterocycles. The summed E-state index contributed by atoms with van der Waals surface area (Å²) in [6.45, 7) is 4.09. The Bertz CT molecular complexity index is 989. The van der Waals surface area contributed by atoms with Gasteiger partial charge in [0.15, 0.2) is 5.76 Å². The average molecular weight is 379 g/mol. The third-order valence-electron chi connectivity index (χ3n) is 4.33. The molecule has 1 atom stereocenters. The van der Waals surface area contributed by atoms with Crippen LogP contribution < -0.4 is 0 Å². The second kappa shape index (κ2) is 6.08. The molecule has 4 rings (SSSR count). The fraction of sp³-hybridized carbons (Fsp3) is 0.375. The molecule has 0 bridgehead atoms. The van der Waals surface area contributed by atoms with Crippen LogP contribution in [-0.4, -0.2) is 29.6 Å². The van der Waals surface area contributed by atoms with E-state index in [4.69, 9.17) is 9.05 Å². The van der Waals surface area contributed by atoms with Crippen LogP contribution in [0.1, 0.15) is 35.2 Å². The Morgan fingerprint density at radius 1 is 1.28 bits per heavy atom. The summed E-state index contributed by atoms with van der Waals surface area (Å²) in [5.41, 5.74) is 0.668. The van der Waals surface area contributed by atoms with Crippen LogP contribution in [0.5, 0.6) is 0 Å². The molecule has 1 saturated heterocycles. The van der Waals surface area contributed by atoms with Gasteiger partial charge in [-0.1, -0.05) is 10.3 Å². The zero-order valence-corrected chi connectivity index (χ0v) is 15.4. The predicted molar refractivity (Wildman–Crippen MR) is 91.7 cm³/mol. The maximum atomic E-state index is 13.3. The molecule has 1 aliphatic heterocycles.